The first-order valence-corrected chi connectivity index (χ1v) is 16.4. The number of hydrogen-bond acceptors (Lipinski definition) is 0. The van der Waals surface area contributed by atoms with Crippen LogP contribution in [0.2, 0.25) is 0 Å². The van der Waals surface area contributed by atoms with Crippen LogP contribution in [0.5, 0.6) is 0 Å². The molecule has 6 aromatic carbocycles. The number of aryl methyl sites for hydroxylation is 4. The van der Waals surface area contributed by atoms with Gasteiger partial charge in [-0.25, -0.2) is 0 Å². The van der Waals surface area contributed by atoms with Gasteiger partial charge in [-0.1, -0.05) is 91.0 Å². The second kappa shape index (κ2) is 10.0. The van der Waals surface area contributed by atoms with E-state index in [1.54, 1.807) is 0 Å². The SMILES string of the molecule is CCn1c2ccccc2c2ccc3c(c4ccccc4n3C)c21.CCn1c2ccccc2c2ccc3c4ccccc4n(C)c3c21. The van der Waals surface area contributed by atoms with E-state index in [0.29, 0.717) is 0 Å². The molecule has 0 spiro atoms. The van der Waals surface area contributed by atoms with E-state index in [2.05, 4.69) is 168 Å². The molecule has 10 aromatic rings. The molecule has 0 unspecified atom stereocenters. The van der Waals surface area contributed by atoms with Crippen LogP contribution in [0.1, 0.15) is 13.8 Å². The predicted octanol–water partition coefficient (Wildman–Crippen LogP) is 10.9. The van der Waals surface area contributed by atoms with Crippen molar-refractivity contribution < 1.29 is 0 Å². The number of aromatic nitrogens is 4. The fourth-order valence-electron chi connectivity index (χ4n) is 8.24. The van der Waals surface area contributed by atoms with E-state index in [9.17, 15) is 0 Å². The zero-order valence-electron chi connectivity index (χ0n) is 26.8. The third-order valence-corrected chi connectivity index (χ3v) is 10.2. The average Bonchev–Trinajstić information content (AvgIpc) is 3.80. The number of fused-ring (bicyclic) bond motifs is 14. The van der Waals surface area contributed by atoms with Gasteiger partial charge in [0.1, 0.15) is 0 Å². The van der Waals surface area contributed by atoms with Gasteiger partial charge in [-0.3, -0.25) is 0 Å². The summed E-state index contributed by atoms with van der Waals surface area (Å²) < 4.78 is 9.56. The van der Waals surface area contributed by atoms with Gasteiger partial charge >= 0.3 is 0 Å². The van der Waals surface area contributed by atoms with E-state index in [1.807, 2.05) is 0 Å². The van der Waals surface area contributed by atoms with E-state index in [0.717, 1.165) is 13.1 Å². The molecule has 4 heteroatoms. The van der Waals surface area contributed by atoms with Gasteiger partial charge in [0.05, 0.1) is 22.1 Å². The maximum absolute atomic E-state index is 2.46. The Morgan fingerprint density at radius 1 is 0.348 bits per heavy atom. The predicted molar refractivity (Wildman–Crippen MR) is 198 cm³/mol. The molecule has 10 rings (SSSR count). The zero-order valence-corrected chi connectivity index (χ0v) is 26.8. The van der Waals surface area contributed by atoms with E-state index in [-0.39, 0.29) is 0 Å². The number of hydrogen-bond donors (Lipinski definition) is 0. The summed E-state index contributed by atoms with van der Waals surface area (Å²) in [7, 11) is 4.34. The summed E-state index contributed by atoms with van der Waals surface area (Å²) in [6, 6.07) is 44.0. The van der Waals surface area contributed by atoms with Gasteiger partial charge in [-0.15, -0.1) is 0 Å². The summed E-state index contributed by atoms with van der Waals surface area (Å²) in [4.78, 5) is 0. The second-order valence-corrected chi connectivity index (χ2v) is 12.4. The molecule has 46 heavy (non-hydrogen) atoms. The molecule has 0 N–H and O–H groups in total. The van der Waals surface area contributed by atoms with Crippen molar-refractivity contribution in [3.63, 3.8) is 0 Å². The minimum Gasteiger partial charge on any atom is -0.344 e. The fourth-order valence-corrected chi connectivity index (χ4v) is 8.24. The average molecular weight is 597 g/mol. The van der Waals surface area contributed by atoms with E-state index in [1.165, 1.54) is 87.2 Å². The number of rotatable bonds is 2. The molecule has 0 atom stereocenters. The van der Waals surface area contributed by atoms with E-state index < -0.39 is 0 Å². The summed E-state index contributed by atoms with van der Waals surface area (Å²) in [5.74, 6) is 0. The Bertz CT molecular complexity index is 2790. The highest BCUT2D eigenvalue weighted by atomic mass is 15.0. The molecule has 4 heterocycles. The lowest BCUT2D eigenvalue weighted by atomic mass is 10.1. The van der Waals surface area contributed by atoms with Gasteiger partial charge in [-0.2, -0.15) is 0 Å². The molecular weight excluding hydrogens is 560 g/mol. The summed E-state index contributed by atoms with van der Waals surface area (Å²) in [5.41, 5.74) is 10.6. The Labute approximate surface area is 267 Å². The van der Waals surface area contributed by atoms with Crippen LogP contribution in [0.25, 0.3) is 87.2 Å². The van der Waals surface area contributed by atoms with E-state index >= 15 is 0 Å². The fraction of sp³-hybridized carbons (Fsp3) is 0.143. The van der Waals surface area contributed by atoms with Gasteiger partial charge in [0.15, 0.2) is 0 Å². The van der Waals surface area contributed by atoms with Crippen LogP contribution in [-0.4, -0.2) is 18.3 Å². The Kier molecular flexibility index (Phi) is 5.85. The van der Waals surface area contributed by atoms with Gasteiger partial charge in [0.2, 0.25) is 0 Å². The third-order valence-electron chi connectivity index (χ3n) is 10.2. The Morgan fingerprint density at radius 3 is 1.35 bits per heavy atom. The molecule has 4 aromatic heterocycles. The van der Waals surface area contributed by atoms with Crippen molar-refractivity contribution in [2.24, 2.45) is 14.1 Å². The molecule has 0 aliphatic carbocycles. The number of nitrogens with zero attached hydrogens (tertiary/aromatic N) is 4. The third kappa shape index (κ3) is 3.50. The van der Waals surface area contributed by atoms with Gasteiger partial charge in [0.25, 0.3) is 0 Å². The summed E-state index contributed by atoms with van der Waals surface area (Å²) >= 11 is 0. The molecule has 0 aliphatic rings. The zero-order chi connectivity index (χ0) is 31.1. The highest BCUT2D eigenvalue weighted by Crippen LogP contribution is 2.40. The lowest BCUT2D eigenvalue weighted by Crippen LogP contribution is -1.96. The molecule has 0 saturated heterocycles. The van der Waals surface area contributed by atoms with Gasteiger partial charge in [0, 0.05) is 92.3 Å². The van der Waals surface area contributed by atoms with Crippen LogP contribution < -0.4 is 0 Å². The van der Waals surface area contributed by atoms with Crippen molar-refractivity contribution in [2.75, 3.05) is 0 Å². The van der Waals surface area contributed by atoms with Crippen molar-refractivity contribution in [1.29, 1.82) is 0 Å². The van der Waals surface area contributed by atoms with Crippen LogP contribution in [0.4, 0.5) is 0 Å². The highest BCUT2D eigenvalue weighted by Gasteiger charge is 2.18. The van der Waals surface area contributed by atoms with Crippen molar-refractivity contribution in [1.82, 2.24) is 18.3 Å². The molecule has 0 bridgehead atoms. The Hall–Kier alpha value is -5.48. The van der Waals surface area contributed by atoms with Gasteiger partial charge < -0.3 is 18.3 Å². The molecule has 0 aliphatic heterocycles. The van der Waals surface area contributed by atoms with Gasteiger partial charge in [-0.05, 0) is 44.2 Å². The molecule has 224 valence electrons. The summed E-state index contributed by atoms with van der Waals surface area (Å²) in [5, 5.41) is 10.8. The van der Waals surface area contributed by atoms with Crippen LogP contribution in [0, 0.1) is 0 Å². The van der Waals surface area contributed by atoms with Crippen LogP contribution in [-0.2, 0) is 27.2 Å². The first kappa shape index (κ1) is 26.9. The monoisotopic (exact) mass is 596 g/mol. The molecule has 0 fully saturated rings. The summed E-state index contributed by atoms with van der Waals surface area (Å²) in [6.07, 6.45) is 0. The van der Waals surface area contributed by atoms with Crippen LogP contribution >= 0.6 is 0 Å². The van der Waals surface area contributed by atoms with Crippen molar-refractivity contribution in [3.8, 4) is 0 Å². The smallest absolute Gasteiger partial charge is 0.0738 e. The van der Waals surface area contributed by atoms with E-state index in [4.69, 9.17) is 0 Å². The molecular formula is C42H36N4. The number of benzene rings is 6. The maximum Gasteiger partial charge on any atom is 0.0738 e. The van der Waals surface area contributed by atoms with Crippen LogP contribution in [0.15, 0.2) is 121 Å². The van der Waals surface area contributed by atoms with Crippen molar-refractivity contribution in [3.05, 3.63) is 121 Å². The summed E-state index contributed by atoms with van der Waals surface area (Å²) in [6.45, 7) is 6.42. The first-order chi connectivity index (χ1) is 22.6. The largest absolute Gasteiger partial charge is 0.344 e. The van der Waals surface area contributed by atoms with Crippen molar-refractivity contribution >= 4 is 87.2 Å². The topological polar surface area (TPSA) is 19.7 Å². The van der Waals surface area contributed by atoms with Crippen LogP contribution in [0.3, 0.4) is 0 Å². The molecule has 4 nitrogen and oxygen atoms in total. The number of para-hydroxylation sites is 4. The highest BCUT2D eigenvalue weighted by molar-refractivity contribution is 6.25. The van der Waals surface area contributed by atoms with Crippen molar-refractivity contribution in [2.45, 2.75) is 26.9 Å². The Balaban J connectivity index is 0.000000127. The Morgan fingerprint density at radius 2 is 0.761 bits per heavy atom. The first-order valence-electron chi connectivity index (χ1n) is 16.4. The lowest BCUT2D eigenvalue weighted by molar-refractivity contribution is 0.826. The second-order valence-electron chi connectivity index (χ2n) is 12.4. The minimum atomic E-state index is 0.977. The maximum atomic E-state index is 2.46. The minimum absolute atomic E-state index is 0.977. The molecule has 0 radical (unpaired) electrons. The standard InChI is InChI=1S/2C21H18N2/c1-3-23-18-11-7-4-8-14(18)15-12-13-19-20(21(15)23)16-9-5-6-10-17(16)22(19)2;1-3-23-19-11-7-5-9-15(19)17-13-12-16-14-8-4-6-10-18(14)22(2)20(16)21(17)23/h2*4-13H,3H2,1-2H3. The lowest BCUT2D eigenvalue weighted by Gasteiger charge is -2.06. The molecule has 0 saturated carbocycles. The molecule has 0 amide bonds. The normalized spacial score (nSPS) is 12.1. The quantitative estimate of drug-likeness (QED) is 0.189.